The predicted molar refractivity (Wildman–Crippen MR) is 139 cm³/mol. The van der Waals surface area contributed by atoms with Gasteiger partial charge in [0.2, 0.25) is 0 Å². The Morgan fingerprint density at radius 2 is 0.917 bits per heavy atom. The summed E-state index contributed by atoms with van der Waals surface area (Å²) in [6.45, 7) is 0. The monoisotopic (exact) mass is 466 g/mol. The molecule has 0 amide bonds. The number of benzene rings is 3. The van der Waals surface area contributed by atoms with E-state index in [2.05, 4.69) is 80.6 Å². The Morgan fingerprint density at radius 1 is 0.500 bits per heavy atom. The Bertz CT molecular complexity index is 1650. The zero-order valence-electron chi connectivity index (χ0n) is 19.0. The highest BCUT2D eigenvalue weighted by molar-refractivity contribution is 6.21. The molecule has 0 fully saturated rings. The highest BCUT2D eigenvalue weighted by Gasteiger charge is 2.18. The molecule has 0 aliphatic rings. The van der Waals surface area contributed by atoms with Crippen molar-refractivity contribution < 1.29 is 8.83 Å². The van der Waals surface area contributed by atoms with E-state index in [9.17, 15) is 0 Å². The maximum Gasteiger partial charge on any atom is 0.181 e. The summed E-state index contributed by atoms with van der Waals surface area (Å²) >= 11 is 0. The molecule has 0 saturated heterocycles. The standard InChI is InChI=1S/C30H18N4O2/c1-2-6-22-21(5-1)29(19-9-11-33-25(13-19)27-15-31-17-35-27)23-7-3-4-8-24(23)30(22)20-10-12-34-26(14-20)28-16-32-18-36-28/h1-18H. The largest absolute Gasteiger partial charge is 0.442 e. The van der Waals surface area contributed by atoms with Gasteiger partial charge in [-0.15, -0.1) is 0 Å². The van der Waals surface area contributed by atoms with E-state index in [-0.39, 0.29) is 0 Å². The van der Waals surface area contributed by atoms with Crippen molar-refractivity contribution in [2.45, 2.75) is 0 Å². The van der Waals surface area contributed by atoms with Gasteiger partial charge < -0.3 is 8.83 Å². The molecule has 0 spiro atoms. The average molecular weight is 467 g/mol. The zero-order chi connectivity index (χ0) is 23.9. The molecular weight excluding hydrogens is 448 g/mol. The second-order valence-electron chi connectivity index (χ2n) is 8.43. The van der Waals surface area contributed by atoms with E-state index in [1.807, 2.05) is 24.5 Å². The molecule has 4 heterocycles. The normalized spacial score (nSPS) is 11.3. The molecule has 0 bridgehead atoms. The lowest BCUT2D eigenvalue weighted by molar-refractivity contribution is 0.569. The second kappa shape index (κ2) is 8.29. The number of oxazole rings is 2. The van der Waals surface area contributed by atoms with Gasteiger partial charge in [-0.05, 0) is 68.1 Å². The Morgan fingerprint density at radius 3 is 1.28 bits per heavy atom. The van der Waals surface area contributed by atoms with Crippen LogP contribution in [0.4, 0.5) is 0 Å². The zero-order valence-corrected chi connectivity index (χ0v) is 19.0. The molecule has 0 N–H and O–H groups in total. The topological polar surface area (TPSA) is 77.8 Å². The molecule has 0 aliphatic heterocycles. The third kappa shape index (κ3) is 3.27. The van der Waals surface area contributed by atoms with Crippen molar-refractivity contribution >= 4 is 21.5 Å². The summed E-state index contributed by atoms with van der Waals surface area (Å²) < 4.78 is 11.0. The third-order valence-electron chi connectivity index (χ3n) is 6.40. The quantitative estimate of drug-likeness (QED) is 0.251. The lowest BCUT2D eigenvalue weighted by Crippen LogP contribution is -1.92. The SMILES string of the molecule is c1ccc2c(-c3ccnc(-c4cnco4)c3)c3ccccc3c(-c3ccnc(-c4cnco4)c3)c2c1. The first-order chi connectivity index (χ1) is 17.9. The van der Waals surface area contributed by atoms with Crippen molar-refractivity contribution in [1.29, 1.82) is 0 Å². The van der Waals surface area contributed by atoms with Crippen LogP contribution in [-0.2, 0) is 0 Å². The van der Waals surface area contributed by atoms with Gasteiger partial charge in [0, 0.05) is 12.4 Å². The summed E-state index contributed by atoms with van der Waals surface area (Å²) in [4.78, 5) is 17.1. The number of rotatable bonds is 4. The summed E-state index contributed by atoms with van der Waals surface area (Å²) in [5.74, 6) is 1.28. The summed E-state index contributed by atoms with van der Waals surface area (Å²) in [7, 11) is 0. The number of hydrogen-bond donors (Lipinski definition) is 0. The smallest absolute Gasteiger partial charge is 0.181 e. The predicted octanol–water partition coefficient (Wildman–Crippen LogP) is 7.43. The van der Waals surface area contributed by atoms with Gasteiger partial charge in [-0.1, -0.05) is 48.5 Å². The number of aromatic nitrogens is 4. The van der Waals surface area contributed by atoms with Crippen LogP contribution in [0.25, 0.3) is 66.7 Å². The average Bonchev–Trinajstić information content (AvgIpc) is 3.67. The van der Waals surface area contributed by atoms with Crippen LogP contribution >= 0.6 is 0 Å². The molecule has 36 heavy (non-hydrogen) atoms. The van der Waals surface area contributed by atoms with Crippen molar-refractivity contribution in [2.24, 2.45) is 0 Å². The minimum Gasteiger partial charge on any atom is -0.442 e. The van der Waals surface area contributed by atoms with E-state index in [4.69, 9.17) is 8.83 Å². The highest BCUT2D eigenvalue weighted by atomic mass is 16.3. The van der Waals surface area contributed by atoms with E-state index in [0.717, 1.165) is 55.2 Å². The summed E-state index contributed by atoms with van der Waals surface area (Å²) in [6, 6.07) is 25.2. The maximum atomic E-state index is 5.51. The fourth-order valence-corrected chi connectivity index (χ4v) is 4.88. The molecule has 7 rings (SSSR count). The molecule has 0 radical (unpaired) electrons. The molecule has 6 heteroatoms. The first kappa shape index (κ1) is 20.3. The number of nitrogens with zero attached hydrogens (tertiary/aromatic N) is 4. The number of hydrogen-bond acceptors (Lipinski definition) is 6. The van der Waals surface area contributed by atoms with Crippen LogP contribution in [0, 0.1) is 0 Å². The van der Waals surface area contributed by atoms with Crippen molar-refractivity contribution in [2.75, 3.05) is 0 Å². The number of fused-ring (bicyclic) bond motifs is 2. The van der Waals surface area contributed by atoms with Crippen molar-refractivity contribution in [1.82, 2.24) is 19.9 Å². The van der Waals surface area contributed by atoms with E-state index >= 15 is 0 Å². The molecule has 4 aromatic heterocycles. The Kier molecular flexibility index (Phi) is 4.67. The van der Waals surface area contributed by atoms with E-state index in [1.165, 1.54) is 12.8 Å². The maximum absolute atomic E-state index is 5.51. The molecule has 7 aromatic rings. The second-order valence-corrected chi connectivity index (χ2v) is 8.43. The molecule has 0 atom stereocenters. The summed E-state index contributed by atoms with van der Waals surface area (Å²) in [5.41, 5.74) is 5.91. The highest BCUT2D eigenvalue weighted by Crippen LogP contribution is 2.44. The van der Waals surface area contributed by atoms with Crippen molar-refractivity contribution in [3.8, 4) is 45.2 Å². The van der Waals surface area contributed by atoms with Crippen LogP contribution < -0.4 is 0 Å². The van der Waals surface area contributed by atoms with E-state index in [0.29, 0.717) is 11.5 Å². The molecular formula is C30H18N4O2. The summed E-state index contributed by atoms with van der Waals surface area (Å²) in [5, 5.41) is 4.61. The van der Waals surface area contributed by atoms with E-state index < -0.39 is 0 Å². The minimum atomic E-state index is 0.638. The van der Waals surface area contributed by atoms with Gasteiger partial charge >= 0.3 is 0 Å². The molecule has 0 saturated carbocycles. The Balaban J connectivity index is 1.54. The van der Waals surface area contributed by atoms with Gasteiger partial charge in [0.25, 0.3) is 0 Å². The van der Waals surface area contributed by atoms with Gasteiger partial charge in [0.15, 0.2) is 24.3 Å². The van der Waals surface area contributed by atoms with Gasteiger partial charge in [-0.25, -0.2) is 9.97 Å². The van der Waals surface area contributed by atoms with Crippen LogP contribution in [-0.4, -0.2) is 19.9 Å². The van der Waals surface area contributed by atoms with Crippen LogP contribution in [0.15, 0.2) is 119 Å². The van der Waals surface area contributed by atoms with Crippen molar-refractivity contribution in [3.63, 3.8) is 0 Å². The van der Waals surface area contributed by atoms with E-state index in [1.54, 1.807) is 12.4 Å². The van der Waals surface area contributed by atoms with Gasteiger partial charge in [-0.2, -0.15) is 0 Å². The van der Waals surface area contributed by atoms with Gasteiger partial charge in [0.05, 0.1) is 12.4 Å². The minimum absolute atomic E-state index is 0.638. The Hall–Kier alpha value is -5.10. The van der Waals surface area contributed by atoms with Crippen LogP contribution in [0.2, 0.25) is 0 Å². The first-order valence-corrected chi connectivity index (χ1v) is 11.5. The first-order valence-electron chi connectivity index (χ1n) is 11.5. The molecule has 0 unspecified atom stereocenters. The summed E-state index contributed by atoms with van der Waals surface area (Å²) in [6.07, 6.45) is 9.84. The molecule has 0 aliphatic carbocycles. The molecule has 6 nitrogen and oxygen atoms in total. The Labute approximate surface area is 205 Å². The van der Waals surface area contributed by atoms with Crippen LogP contribution in [0.1, 0.15) is 0 Å². The fraction of sp³-hybridized carbons (Fsp3) is 0. The molecule has 3 aromatic carbocycles. The molecule has 170 valence electrons. The lowest BCUT2D eigenvalue weighted by atomic mass is 9.86. The van der Waals surface area contributed by atoms with Crippen LogP contribution in [0.3, 0.4) is 0 Å². The van der Waals surface area contributed by atoms with Gasteiger partial charge in [-0.3, -0.25) is 9.97 Å². The fourth-order valence-electron chi connectivity index (χ4n) is 4.88. The van der Waals surface area contributed by atoms with Gasteiger partial charge in [0.1, 0.15) is 11.4 Å². The third-order valence-corrected chi connectivity index (χ3v) is 6.40. The van der Waals surface area contributed by atoms with Crippen molar-refractivity contribution in [3.05, 3.63) is 110 Å². The number of pyridine rings is 2. The van der Waals surface area contributed by atoms with Crippen LogP contribution in [0.5, 0.6) is 0 Å². The lowest BCUT2D eigenvalue weighted by Gasteiger charge is -2.18.